The molecule has 1 amide bonds. The van der Waals surface area contributed by atoms with Crippen molar-refractivity contribution in [2.45, 2.75) is 13.5 Å². The summed E-state index contributed by atoms with van der Waals surface area (Å²) in [4.78, 5) is 12.5. The number of rotatable bonds is 6. The zero-order valence-electron chi connectivity index (χ0n) is 16.5. The van der Waals surface area contributed by atoms with E-state index in [4.69, 9.17) is 27.9 Å². The number of halogens is 3. The monoisotopic (exact) mass is 454 g/mol. The first-order chi connectivity index (χ1) is 14.9. The molecular weight excluding hydrogens is 438 g/mol. The molecule has 0 atom stereocenters. The van der Waals surface area contributed by atoms with Crippen LogP contribution in [-0.2, 0) is 11.4 Å². The first-order valence-corrected chi connectivity index (χ1v) is 9.98. The smallest absolute Gasteiger partial charge is 0.266 e. The lowest BCUT2D eigenvalue weighted by Gasteiger charge is -2.10. The lowest BCUT2D eigenvalue weighted by molar-refractivity contribution is -0.112. The minimum Gasteiger partial charge on any atom is -0.487 e. The Bertz CT molecular complexity index is 1200. The molecule has 4 nitrogen and oxygen atoms in total. The number of amides is 1. The number of hydrogen-bond acceptors (Lipinski definition) is 3. The molecule has 0 heterocycles. The zero-order chi connectivity index (χ0) is 22.4. The third-order valence-electron chi connectivity index (χ3n) is 4.49. The van der Waals surface area contributed by atoms with E-state index in [1.54, 1.807) is 61.5 Å². The second-order valence-electron chi connectivity index (χ2n) is 6.61. The van der Waals surface area contributed by atoms with Crippen LogP contribution >= 0.6 is 23.2 Å². The number of nitriles is 1. The number of nitrogens with zero attached hydrogens (tertiary/aromatic N) is 1. The highest BCUT2D eigenvalue weighted by Gasteiger charge is 2.13. The summed E-state index contributed by atoms with van der Waals surface area (Å²) >= 11 is 12.3. The summed E-state index contributed by atoms with van der Waals surface area (Å²) in [6.45, 7) is 1.79. The van der Waals surface area contributed by atoms with Crippen molar-refractivity contribution >= 4 is 40.9 Å². The molecule has 3 aromatic carbocycles. The van der Waals surface area contributed by atoms with Crippen LogP contribution in [0.2, 0.25) is 10.0 Å². The maximum Gasteiger partial charge on any atom is 0.266 e. The average Bonchev–Trinajstić information content (AvgIpc) is 2.75. The van der Waals surface area contributed by atoms with E-state index in [0.29, 0.717) is 33.1 Å². The van der Waals surface area contributed by atoms with Gasteiger partial charge in [-0.3, -0.25) is 4.79 Å². The molecule has 0 radical (unpaired) electrons. The number of ether oxygens (including phenoxy) is 1. The molecule has 0 aliphatic heterocycles. The molecule has 0 aliphatic carbocycles. The van der Waals surface area contributed by atoms with E-state index in [1.807, 2.05) is 6.07 Å². The van der Waals surface area contributed by atoms with E-state index < -0.39 is 5.91 Å². The maximum atomic E-state index is 13.7. The van der Waals surface area contributed by atoms with E-state index in [-0.39, 0.29) is 23.0 Å². The second-order valence-corrected chi connectivity index (χ2v) is 7.42. The molecule has 1 N–H and O–H groups in total. The molecule has 0 spiro atoms. The molecule has 7 heteroatoms. The fraction of sp³-hybridized carbons (Fsp3) is 0.0833. The van der Waals surface area contributed by atoms with Gasteiger partial charge in [-0.1, -0.05) is 53.5 Å². The van der Waals surface area contributed by atoms with Crippen LogP contribution in [0.25, 0.3) is 6.08 Å². The molecule has 0 aliphatic rings. The van der Waals surface area contributed by atoms with Gasteiger partial charge in [-0.15, -0.1) is 0 Å². The van der Waals surface area contributed by atoms with Crippen molar-refractivity contribution in [3.05, 3.63) is 98.8 Å². The van der Waals surface area contributed by atoms with Crippen LogP contribution in [-0.4, -0.2) is 5.91 Å². The quantitative estimate of drug-likeness (QED) is 0.338. The lowest BCUT2D eigenvalue weighted by Crippen LogP contribution is -2.14. The van der Waals surface area contributed by atoms with Gasteiger partial charge in [-0.05, 0) is 54.5 Å². The predicted octanol–water partition coefficient (Wildman–Crippen LogP) is 6.57. The largest absolute Gasteiger partial charge is 0.487 e. The average molecular weight is 455 g/mol. The van der Waals surface area contributed by atoms with E-state index in [2.05, 4.69) is 5.32 Å². The van der Waals surface area contributed by atoms with Crippen LogP contribution in [0.5, 0.6) is 5.75 Å². The van der Waals surface area contributed by atoms with Crippen LogP contribution in [0.4, 0.5) is 10.1 Å². The van der Waals surface area contributed by atoms with Gasteiger partial charge in [0.1, 0.15) is 29.8 Å². The zero-order valence-corrected chi connectivity index (χ0v) is 18.0. The Hall–Kier alpha value is -3.33. The Morgan fingerprint density at radius 1 is 1.13 bits per heavy atom. The molecule has 156 valence electrons. The normalized spacial score (nSPS) is 11.0. The molecule has 0 bridgehead atoms. The summed E-state index contributed by atoms with van der Waals surface area (Å²) in [5.74, 6) is -0.568. The Morgan fingerprint density at radius 2 is 1.90 bits per heavy atom. The highest BCUT2D eigenvalue weighted by atomic mass is 35.5. The molecule has 0 unspecified atom stereocenters. The van der Waals surface area contributed by atoms with Gasteiger partial charge in [0.15, 0.2) is 0 Å². The fourth-order valence-corrected chi connectivity index (χ4v) is 3.16. The summed E-state index contributed by atoms with van der Waals surface area (Å²) in [7, 11) is 0. The van der Waals surface area contributed by atoms with Gasteiger partial charge in [0.25, 0.3) is 5.91 Å². The molecule has 0 fully saturated rings. The third-order valence-corrected chi connectivity index (χ3v) is 5.19. The van der Waals surface area contributed by atoms with Gasteiger partial charge in [0.05, 0.1) is 5.02 Å². The fourth-order valence-electron chi connectivity index (χ4n) is 2.74. The molecule has 3 aromatic rings. The molecular formula is C24H17Cl2FN2O2. The first-order valence-electron chi connectivity index (χ1n) is 9.23. The Balaban J connectivity index is 1.74. The van der Waals surface area contributed by atoms with Gasteiger partial charge in [0, 0.05) is 16.3 Å². The standard InChI is InChI=1S/C24H17Cl2FN2O2/c1-15-19(25)6-4-8-22(15)29-24(30)18(13-28)11-16-9-10-23(20(26)12-16)31-14-17-5-2-3-7-21(17)27/h2-12H,14H2,1H3,(H,29,30)/b18-11+. The van der Waals surface area contributed by atoms with Crippen LogP contribution in [0.15, 0.2) is 66.2 Å². The van der Waals surface area contributed by atoms with Crippen LogP contribution < -0.4 is 10.1 Å². The minimum absolute atomic E-state index is 0.0203. The van der Waals surface area contributed by atoms with Gasteiger partial charge in [0.2, 0.25) is 0 Å². The van der Waals surface area contributed by atoms with E-state index in [1.165, 1.54) is 12.1 Å². The summed E-state index contributed by atoms with van der Waals surface area (Å²) in [5.41, 5.74) is 2.07. The van der Waals surface area contributed by atoms with Crippen LogP contribution in [0, 0.1) is 24.1 Å². The summed E-state index contributed by atoms with van der Waals surface area (Å²) in [6.07, 6.45) is 1.42. The number of nitrogens with one attached hydrogen (secondary N) is 1. The van der Waals surface area contributed by atoms with Crippen molar-refractivity contribution in [1.82, 2.24) is 0 Å². The maximum absolute atomic E-state index is 13.7. The van der Waals surface area contributed by atoms with Crippen molar-refractivity contribution in [2.75, 3.05) is 5.32 Å². The van der Waals surface area contributed by atoms with Crippen molar-refractivity contribution in [1.29, 1.82) is 5.26 Å². The molecule has 31 heavy (non-hydrogen) atoms. The molecule has 0 saturated carbocycles. The van der Waals surface area contributed by atoms with Crippen molar-refractivity contribution < 1.29 is 13.9 Å². The SMILES string of the molecule is Cc1c(Cl)cccc1NC(=O)/C(C#N)=C/c1ccc(OCc2ccccc2F)c(Cl)c1. The summed E-state index contributed by atoms with van der Waals surface area (Å²) < 4.78 is 19.3. The highest BCUT2D eigenvalue weighted by molar-refractivity contribution is 6.32. The number of anilines is 1. The van der Waals surface area contributed by atoms with Gasteiger partial charge >= 0.3 is 0 Å². The summed E-state index contributed by atoms with van der Waals surface area (Å²) in [5, 5.41) is 12.9. The van der Waals surface area contributed by atoms with Crippen molar-refractivity contribution in [3.8, 4) is 11.8 Å². The third kappa shape index (κ3) is 5.64. The van der Waals surface area contributed by atoms with Crippen LogP contribution in [0.3, 0.4) is 0 Å². The molecule has 0 aromatic heterocycles. The van der Waals surface area contributed by atoms with Crippen molar-refractivity contribution in [2.24, 2.45) is 0 Å². The topological polar surface area (TPSA) is 62.1 Å². The number of carbonyl (C=O) groups is 1. The second kappa shape index (κ2) is 10.1. The van der Waals surface area contributed by atoms with E-state index in [0.717, 1.165) is 0 Å². The van der Waals surface area contributed by atoms with E-state index >= 15 is 0 Å². The van der Waals surface area contributed by atoms with Crippen LogP contribution in [0.1, 0.15) is 16.7 Å². The number of carbonyl (C=O) groups excluding carboxylic acids is 1. The Kier molecular flexibility index (Phi) is 7.30. The predicted molar refractivity (Wildman–Crippen MR) is 121 cm³/mol. The van der Waals surface area contributed by atoms with Crippen molar-refractivity contribution in [3.63, 3.8) is 0 Å². The van der Waals surface area contributed by atoms with Gasteiger partial charge in [-0.25, -0.2) is 4.39 Å². The number of benzene rings is 3. The first kappa shape index (κ1) is 22.4. The molecule has 3 rings (SSSR count). The molecule has 0 saturated heterocycles. The van der Waals surface area contributed by atoms with Gasteiger partial charge in [-0.2, -0.15) is 5.26 Å². The summed E-state index contributed by atoms with van der Waals surface area (Å²) in [6, 6.07) is 18.1. The van der Waals surface area contributed by atoms with E-state index in [9.17, 15) is 14.4 Å². The minimum atomic E-state index is -0.566. The van der Waals surface area contributed by atoms with Gasteiger partial charge < -0.3 is 10.1 Å². The Labute approximate surface area is 189 Å². The lowest BCUT2D eigenvalue weighted by atomic mass is 10.1. The Morgan fingerprint density at radius 3 is 2.61 bits per heavy atom. The highest BCUT2D eigenvalue weighted by Crippen LogP contribution is 2.28. The number of hydrogen-bond donors (Lipinski definition) is 1.